The molecule has 0 aliphatic heterocycles. The second-order valence-electron chi connectivity index (χ2n) is 14.6. The lowest BCUT2D eigenvalue weighted by Gasteiger charge is -2.25. The number of rotatable bonds is 8. The van der Waals surface area contributed by atoms with Crippen LogP contribution in [0.2, 0.25) is 0 Å². The van der Waals surface area contributed by atoms with E-state index in [0.29, 0.717) is 0 Å². The van der Waals surface area contributed by atoms with Crippen LogP contribution in [0.4, 0.5) is 34.1 Å². The summed E-state index contributed by atoms with van der Waals surface area (Å²) >= 11 is 0. The first-order valence-corrected chi connectivity index (χ1v) is 19.7. The molecule has 11 aromatic rings. The van der Waals surface area contributed by atoms with Gasteiger partial charge in [0.25, 0.3) is 0 Å². The Balaban J connectivity index is 1.04. The lowest BCUT2D eigenvalue weighted by Crippen LogP contribution is -2.09. The molecule has 0 aliphatic rings. The first kappa shape index (κ1) is 33.5. The Kier molecular flexibility index (Phi) is 8.11. The molecule has 0 spiro atoms. The van der Waals surface area contributed by atoms with Crippen LogP contribution in [-0.2, 0) is 0 Å². The highest BCUT2D eigenvalue weighted by atomic mass is 16.3. The summed E-state index contributed by atoms with van der Waals surface area (Å²) in [6.07, 6.45) is 0. The second kappa shape index (κ2) is 14.0. The number of furan rings is 1. The van der Waals surface area contributed by atoms with E-state index in [4.69, 9.17) is 4.42 Å². The number of anilines is 6. The van der Waals surface area contributed by atoms with Crippen LogP contribution in [-0.4, -0.2) is 4.57 Å². The maximum atomic E-state index is 6.72. The van der Waals surface area contributed by atoms with Crippen molar-refractivity contribution in [2.45, 2.75) is 0 Å². The number of nitrogens with zero attached hydrogens (tertiary/aromatic N) is 3. The fourth-order valence-electron chi connectivity index (χ4n) is 8.50. The van der Waals surface area contributed by atoms with Crippen molar-refractivity contribution in [2.75, 3.05) is 9.80 Å². The minimum atomic E-state index is 0.892. The fraction of sp³-hybridized carbons (Fsp3) is 0. The summed E-state index contributed by atoms with van der Waals surface area (Å²) < 4.78 is 9.10. The van der Waals surface area contributed by atoms with E-state index in [1.54, 1.807) is 0 Å². The van der Waals surface area contributed by atoms with Crippen molar-refractivity contribution >= 4 is 77.9 Å². The van der Waals surface area contributed by atoms with Gasteiger partial charge in [0.15, 0.2) is 0 Å². The van der Waals surface area contributed by atoms with Gasteiger partial charge in [0, 0.05) is 56.0 Å². The molecule has 0 aliphatic carbocycles. The van der Waals surface area contributed by atoms with Crippen molar-refractivity contribution in [2.24, 2.45) is 0 Å². The van der Waals surface area contributed by atoms with Gasteiger partial charge in [-0.25, -0.2) is 0 Å². The van der Waals surface area contributed by atoms with Gasteiger partial charge in [-0.1, -0.05) is 115 Å². The first-order valence-electron chi connectivity index (χ1n) is 19.7. The molecule has 0 N–H and O–H groups in total. The Hall–Kier alpha value is -7.82. The maximum Gasteiger partial charge on any atom is 0.145 e. The van der Waals surface area contributed by atoms with Crippen LogP contribution < -0.4 is 9.80 Å². The van der Waals surface area contributed by atoms with E-state index in [9.17, 15) is 0 Å². The summed E-state index contributed by atoms with van der Waals surface area (Å²) in [5.74, 6) is 0. The van der Waals surface area contributed by atoms with E-state index in [0.717, 1.165) is 94.7 Å². The number of fused-ring (bicyclic) bond motifs is 7. The molecule has 4 nitrogen and oxygen atoms in total. The lowest BCUT2D eigenvalue weighted by atomic mass is 10.0. The number of aromatic nitrogens is 1. The van der Waals surface area contributed by atoms with Crippen molar-refractivity contribution < 1.29 is 4.42 Å². The van der Waals surface area contributed by atoms with Crippen LogP contribution in [0.15, 0.2) is 229 Å². The second-order valence-corrected chi connectivity index (χ2v) is 14.6. The third-order valence-electron chi connectivity index (χ3n) is 11.2. The molecule has 2 heterocycles. The Morgan fingerprint density at radius 2 is 0.776 bits per heavy atom. The molecular weight excluding hydrogens is 707 g/mol. The normalized spacial score (nSPS) is 11.4. The Bertz CT molecular complexity index is 3110. The minimum absolute atomic E-state index is 0.892. The summed E-state index contributed by atoms with van der Waals surface area (Å²) in [5, 5.41) is 4.48. The Morgan fingerprint density at radius 3 is 1.34 bits per heavy atom. The number of benzene rings is 9. The van der Waals surface area contributed by atoms with Crippen LogP contribution in [0.25, 0.3) is 60.6 Å². The highest BCUT2D eigenvalue weighted by Gasteiger charge is 2.21. The molecule has 0 fully saturated rings. The summed E-state index contributed by atoms with van der Waals surface area (Å²) in [4.78, 5) is 4.61. The van der Waals surface area contributed by atoms with Crippen LogP contribution in [0.5, 0.6) is 0 Å². The minimum Gasteiger partial charge on any atom is -0.455 e. The molecule has 0 unspecified atom stereocenters. The van der Waals surface area contributed by atoms with Gasteiger partial charge in [-0.2, -0.15) is 0 Å². The van der Waals surface area contributed by atoms with Crippen LogP contribution >= 0.6 is 0 Å². The molecule has 274 valence electrons. The van der Waals surface area contributed by atoms with Crippen molar-refractivity contribution in [3.05, 3.63) is 224 Å². The summed E-state index contributed by atoms with van der Waals surface area (Å²) in [6, 6.07) is 79.6. The molecule has 0 bridgehead atoms. The zero-order valence-electron chi connectivity index (χ0n) is 31.6. The molecule has 9 aromatic carbocycles. The molecule has 0 atom stereocenters. The van der Waals surface area contributed by atoms with Crippen LogP contribution in [0, 0.1) is 0 Å². The van der Waals surface area contributed by atoms with Crippen LogP contribution in [0.1, 0.15) is 0 Å². The molecule has 0 saturated heterocycles. The lowest BCUT2D eigenvalue weighted by molar-refractivity contribution is 0.673. The third kappa shape index (κ3) is 5.70. The maximum absolute atomic E-state index is 6.72. The molecule has 0 radical (unpaired) electrons. The van der Waals surface area contributed by atoms with Gasteiger partial charge >= 0.3 is 0 Å². The van der Waals surface area contributed by atoms with Gasteiger partial charge in [0.05, 0.1) is 16.4 Å². The number of para-hydroxylation sites is 5. The van der Waals surface area contributed by atoms with Gasteiger partial charge in [-0.05, 0) is 120 Å². The molecule has 0 saturated carbocycles. The SMILES string of the molecule is c1ccc(N(c2ccccc2)c2ccc(-c3ccc(-n4c5ccc(N(c6ccccc6)c6ccccc6)cc5c5c6oc7ccccc7c6ccc54)cc3)cc2)cc1. The average Bonchev–Trinajstić information content (AvgIpc) is 3.84. The fourth-order valence-corrected chi connectivity index (χ4v) is 8.50. The van der Waals surface area contributed by atoms with Crippen molar-refractivity contribution in [1.82, 2.24) is 4.57 Å². The average molecular weight is 744 g/mol. The van der Waals surface area contributed by atoms with Gasteiger partial charge < -0.3 is 18.8 Å². The predicted octanol–water partition coefficient (Wildman–Crippen LogP) is 15.3. The van der Waals surface area contributed by atoms with E-state index >= 15 is 0 Å². The standard InChI is InChI=1S/C54H37N3O/c1-5-15-40(16-6-1)55(41-17-7-2-8-18-41)44-29-25-38(26-30-44)39-27-31-45(32-28-39)57-50-35-33-46(56(42-19-9-3-10-20-42)43-21-11-4-12-22-43)37-49(50)53-51(57)36-34-48-47-23-13-14-24-52(47)58-54(48)53/h1-37H. The first-order chi connectivity index (χ1) is 28.8. The highest BCUT2D eigenvalue weighted by molar-refractivity contribution is 6.24. The van der Waals surface area contributed by atoms with Crippen molar-refractivity contribution in [3.63, 3.8) is 0 Å². The van der Waals surface area contributed by atoms with Gasteiger partial charge in [0.1, 0.15) is 11.2 Å². The van der Waals surface area contributed by atoms with Crippen molar-refractivity contribution in [1.29, 1.82) is 0 Å². The number of hydrogen-bond donors (Lipinski definition) is 0. The molecule has 0 amide bonds. The van der Waals surface area contributed by atoms with Crippen molar-refractivity contribution in [3.8, 4) is 16.8 Å². The summed E-state index contributed by atoms with van der Waals surface area (Å²) in [7, 11) is 0. The molecule has 11 rings (SSSR count). The number of hydrogen-bond acceptors (Lipinski definition) is 3. The molecule has 58 heavy (non-hydrogen) atoms. The smallest absolute Gasteiger partial charge is 0.145 e. The van der Waals surface area contributed by atoms with E-state index in [2.05, 4.69) is 233 Å². The monoisotopic (exact) mass is 743 g/mol. The quantitative estimate of drug-likeness (QED) is 0.155. The van der Waals surface area contributed by atoms with E-state index in [1.165, 1.54) is 0 Å². The Morgan fingerprint density at radius 1 is 0.328 bits per heavy atom. The van der Waals surface area contributed by atoms with Gasteiger partial charge in [-0.15, -0.1) is 0 Å². The Labute approximate surface area is 336 Å². The molecule has 2 aromatic heterocycles. The van der Waals surface area contributed by atoms with E-state index < -0.39 is 0 Å². The van der Waals surface area contributed by atoms with Crippen LogP contribution in [0.3, 0.4) is 0 Å². The topological polar surface area (TPSA) is 24.6 Å². The molecular formula is C54H37N3O. The van der Waals surface area contributed by atoms with Gasteiger partial charge in [0.2, 0.25) is 0 Å². The third-order valence-corrected chi connectivity index (χ3v) is 11.2. The zero-order valence-corrected chi connectivity index (χ0v) is 31.6. The predicted molar refractivity (Wildman–Crippen MR) is 243 cm³/mol. The summed E-state index contributed by atoms with van der Waals surface area (Å²) in [5.41, 5.74) is 14.1. The zero-order chi connectivity index (χ0) is 38.4. The summed E-state index contributed by atoms with van der Waals surface area (Å²) in [6.45, 7) is 0. The largest absolute Gasteiger partial charge is 0.455 e. The highest BCUT2D eigenvalue weighted by Crippen LogP contribution is 2.44. The van der Waals surface area contributed by atoms with E-state index in [1.807, 2.05) is 6.07 Å². The van der Waals surface area contributed by atoms with E-state index in [-0.39, 0.29) is 0 Å². The molecule has 4 heteroatoms. The van der Waals surface area contributed by atoms with Gasteiger partial charge in [-0.3, -0.25) is 0 Å².